The van der Waals surface area contributed by atoms with Crippen LogP contribution in [0, 0.1) is 0 Å². The molecule has 0 bridgehead atoms. The summed E-state index contributed by atoms with van der Waals surface area (Å²) in [6.45, 7) is 2.66. The average Bonchev–Trinajstić information content (AvgIpc) is 2.62. The van der Waals surface area contributed by atoms with Gasteiger partial charge >= 0.3 is 0 Å². The molecule has 23 heavy (non-hydrogen) atoms. The highest BCUT2D eigenvalue weighted by Gasteiger charge is 2.25. The van der Waals surface area contributed by atoms with Crippen LogP contribution in [0.25, 0.3) is 0 Å². The van der Waals surface area contributed by atoms with Crippen LogP contribution in [0.2, 0.25) is 5.02 Å². The van der Waals surface area contributed by atoms with Crippen LogP contribution in [0.3, 0.4) is 0 Å². The monoisotopic (exact) mass is 332 g/mol. The minimum absolute atomic E-state index is 0.0665. The zero-order chi connectivity index (χ0) is 16.2. The van der Waals surface area contributed by atoms with E-state index in [0.717, 1.165) is 5.82 Å². The van der Waals surface area contributed by atoms with Crippen LogP contribution in [-0.4, -0.2) is 54.1 Å². The van der Waals surface area contributed by atoms with Gasteiger partial charge in [-0.15, -0.1) is 0 Å². The van der Waals surface area contributed by atoms with E-state index >= 15 is 0 Å². The van der Waals surface area contributed by atoms with Crippen molar-refractivity contribution in [3.05, 3.63) is 47.4 Å². The Morgan fingerprint density at radius 2 is 2.00 bits per heavy atom. The number of amides is 1. The molecule has 0 N–H and O–H groups in total. The van der Waals surface area contributed by atoms with Crippen LogP contribution in [-0.2, 0) is 0 Å². The molecule has 0 radical (unpaired) electrons. The van der Waals surface area contributed by atoms with E-state index in [2.05, 4.69) is 14.9 Å². The maximum atomic E-state index is 12.7. The Bertz CT molecular complexity index is 688. The molecule has 6 nitrogen and oxygen atoms in total. The Balaban J connectivity index is 1.70. The first kappa shape index (κ1) is 15.6. The molecule has 7 heteroatoms. The van der Waals surface area contributed by atoms with Crippen molar-refractivity contribution in [2.45, 2.75) is 0 Å². The molecule has 1 saturated heterocycles. The zero-order valence-electron chi connectivity index (χ0n) is 12.8. The number of halogens is 1. The number of benzene rings is 1. The number of hydrogen-bond acceptors (Lipinski definition) is 5. The van der Waals surface area contributed by atoms with E-state index < -0.39 is 0 Å². The predicted octanol–water partition coefficient (Wildman–Crippen LogP) is 2.10. The van der Waals surface area contributed by atoms with Crippen LogP contribution in [0.1, 0.15) is 10.4 Å². The summed E-state index contributed by atoms with van der Waals surface area (Å²) in [4.78, 5) is 25.0. The molecule has 1 fully saturated rings. The topological polar surface area (TPSA) is 58.6 Å². The van der Waals surface area contributed by atoms with Crippen molar-refractivity contribution in [2.75, 3.05) is 38.2 Å². The normalized spacial score (nSPS) is 14.7. The maximum Gasteiger partial charge on any atom is 0.257 e. The number of aromatic nitrogens is 2. The second-order valence-corrected chi connectivity index (χ2v) is 5.62. The molecule has 0 spiro atoms. The van der Waals surface area contributed by atoms with E-state index in [1.165, 1.54) is 0 Å². The minimum atomic E-state index is -0.0665. The number of carbonyl (C=O) groups excluding carboxylic acids is 1. The SMILES string of the molecule is COc1ccc(Cl)cc1C(=O)N1CCN(c2cnccn2)CC1. The molecule has 1 aromatic carbocycles. The van der Waals surface area contributed by atoms with E-state index in [0.29, 0.717) is 42.5 Å². The van der Waals surface area contributed by atoms with Gasteiger partial charge in [-0.3, -0.25) is 9.78 Å². The minimum Gasteiger partial charge on any atom is -0.496 e. The number of nitrogens with zero attached hydrogens (tertiary/aromatic N) is 4. The Kier molecular flexibility index (Phi) is 4.62. The van der Waals surface area contributed by atoms with E-state index in [-0.39, 0.29) is 5.91 Å². The number of rotatable bonds is 3. The lowest BCUT2D eigenvalue weighted by Crippen LogP contribution is -2.49. The molecule has 120 valence electrons. The molecule has 2 heterocycles. The van der Waals surface area contributed by atoms with Gasteiger partial charge in [-0.25, -0.2) is 4.98 Å². The number of ether oxygens (including phenoxy) is 1. The summed E-state index contributed by atoms with van der Waals surface area (Å²) < 4.78 is 5.27. The average molecular weight is 333 g/mol. The molecule has 1 aliphatic heterocycles. The molecule has 2 aromatic rings. The molecule has 0 atom stereocenters. The quantitative estimate of drug-likeness (QED) is 0.861. The number of carbonyl (C=O) groups is 1. The highest BCUT2D eigenvalue weighted by atomic mass is 35.5. The van der Waals surface area contributed by atoms with Crippen molar-refractivity contribution in [3.63, 3.8) is 0 Å². The van der Waals surface area contributed by atoms with Crippen LogP contribution < -0.4 is 9.64 Å². The van der Waals surface area contributed by atoms with Gasteiger partial charge < -0.3 is 14.5 Å². The fourth-order valence-electron chi connectivity index (χ4n) is 2.61. The van der Waals surface area contributed by atoms with Crippen molar-refractivity contribution >= 4 is 23.3 Å². The molecular formula is C16H17ClN4O2. The Morgan fingerprint density at radius 1 is 1.22 bits per heavy atom. The van der Waals surface area contributed by atoms with E-state index in [1.807, 2.05) is 0 Å². The number of hydrogen-bond donors (Lipinski definition) is 0. The van der Waals surface area contributed by atoms with Gasteiger partial charge in [-0.2, -0.15) is 0 Å². The lowest BCUT2D eigenvalue weighted by Gasteiger charge is -2.35. The van der Waals surface area contributed by atoms with Crippen molar-refractivity contribution in [1.29, 1.82) is 0 Å². The summed E-state index contributed by atoms with van der Waals surface area (Å²) in [5, 5.41) is 0.521. The van der Waals surface area contributed by atoms with Crippen molar-refractivity contribution < 1.29 is 9.53 Å². The molecule has 0 aliphatic carbocycles. The van der Waals surface area contributed by atoms with E-state index in [9.17, 15) is 4.79 Å². The van der Waals surface area contributed by atoms with E-state index in [4.69, 9.17) is 16.3 Å². The first-order valence-electron chi connectivity index (χ1n) is 7.33. The summed E-state index contributed by atoms with van der Waals surface area (Å²) in [5.41, 5.74) is 0.493. The third-order valence-corrected chi connectivity index (χ3v) is 4.07. The lowest BCUT2D eigenvalue weighted by atomic mass is 10.1. The van der Waals surface area contributed by atoms with Gasteiger partial charge in [0.1, 0.15) is 11.6 Å². The Morgan fingerprint density at radius 3 is 2.65 bits per heavy atom. The van der Waals surface area contributed by atoms with Gasteiger partial charge in [0.05, 0.1) is 18.9 Å². The van der Waals surface area contributed by atoms with Crippen LogP contribution in [0.15, 0.2) is 36.8 Å². The standard InChI is InChI=1S/C16H17ClN4O2/c1-23-14-3-2-12(17)10-13(14)16(22)21-8-6-20(7-9-21)15-11-18-4-5-19-15/h2-5,10-11H,6-9H2,1H3. The molecule has 1 amide bonds. The second-order valence-electron chi connectivity index (χ2n) is 5.19. The fourth-order valence-corrected chi connectivity index (χ4v) is 2.78. The van der Waals surface area contributed by atoms with E-state index in [1.54, 1.807) is 48.8 Å². The second kappa shape index (κ2) is 6.83. The zero-order valence-corrected chi connectivity index (χ0v) is 13.5. The van der Waals surface area contributed by atoms with Gasteiger partial charge in [0, 0.05) is 43.6 Å². The number of anilines is 1. The van der Waals surface area contributed by atoms with Crippen molar-refractivity contribution in [3.8, 4) is 5.75 Å². The molecule has 1 aromatic heterocycles. The van der Waals surface area contributed by atoms with Crippen LogP contribution in [0.5, 0.6) is 5.75 Å². The third kappa shape index (κ3) is 3.37. The highest BCUT2D eigenvalue weighted by Crippen LogP contribution is 2.24. The van der Waals surface area contributed by atoms with Gasteiger partial charge in [0.2, 0.25) is 0 Å². The summed E-state index contributed by atoms with van der Waals surface area (Å²) in [5.74, 6) is 1.30. The first-order chi connectivity index (χ1) is 11.2. The van der Waals surface area contributed by atoms with Gasteiger partial charge in [0.25, 0.3) is 5.91 Å². The summed E-state index contributed by atoms with van der Waals surface area (Å²) >= 11 is 6.01. The van der Waals surface area contributed by atoms with Gasteiger partial charge in [-0.05, 0) is 18.2 Å². The molecule has 0 unspecified atom stereocenters. The Hall–Kier alpha value is -2.34. The molecule has 1 aliphatic rings. The number of piperazine rings is 1. The summed E-state index contributed by atoms with van der Waals surface area (Å²) in [6.07, 6.45) is 5.05. The largest absolute Gasteiger partial charge is 0.496 e. The molecule has 3 rings (SSSR count). The third-order valence-electron chi connectivity index (χ3n) is 3.83. The predicted molar refractivity (Wildman–Crippen MR) is 88.2 cm³/mol. The molecule has 0 saturated carbocycles. The van der Waals surface area contributed by atoms with Gasteiger partial charge in [0.15, 0.2) is 0 Å². The maximum absolute atomic E-state index is 12.7. The highest BCUT2D eigenvalue weighted by molar-refractivity contribution is 6.31. The first-order valence-corrected chi connectivity index (χ1v) is 7.70. The summed E-state index contributed by atoms with van der Waals surface area (Å²) in [6, 6.07) is 5.08. The summed E-state index contributed by atoms with van der Waals surface area (Å²) in [7, 11) is 1.55. The lowest BCUT2D eigenvalue weighted by molar-refractivity contribution is 0.0743. The number of methoxy groups -OCH3 is 1. The molecular weight excluding hydrogens is 316 g/mol. The van der Waals surface area contributed by atoms with Crippen molar-refractivity contribution in [1.82, 2.24) is 14.9 Å². The smallest absolute Gasteiger partial charge is 0.257 e. The van der Waals surface area contributed by atoms with Gasteiger partial charge in [-0.1, -0.05) is 11.6 Å². The fraction of sp³-hybridized carbons (Fsp3) is 0.312. The van der Waals surface area contributed by atoms with Crippen LogP contribution in [0.4, 0.5) is 5.82 Å². The Labute approximate surface area is 139 Å². The van der Waals surface area contributed by atoms with Crippen molar-refractivity contribution in [2.24, 2.45) is 0 Å². The van der Waals surface area contributed by atoms with Crippen LogP contribution >= 0.6 is 11.6 Å².